The summed E-state index contributed by atoms with van der Waals surface area (Å²) in [7, 11) is 0. The highest BCUT2D eigenvalue weighted by Crippen LogP contribution is 2.62. The highest BCUT2D eigenvalue weighted by atomic mass is 32.2. The molecule has 0 atom stereocenters. The van der Waals surface area contributed by atoms with Crippen LogP contribution >= 0.6 is 11.8 Å². The number of hydrogen-bond acceptors (Lipinski definition) is 1. The topological polar surface area (TPSA) is 4.93 Å². The van der Waals surface area contributed by atoms with Gasteiger partial charge >= 0.3 is 0 Å². The van der Waals surface area contributed by atoms with E-state index < -0.39 is 5.41 Å². The predicted molar refractivity (Wildman–Crippen MR) is 205 cm³/mol. The van der Waals surface area contributed by atoms with E-state index in [1.165, 1.54) is 92.6 Å². The zero-order chi connectivity index (χ0) is 32.1. The number of hydrogen-bond donors (Lipinski definition) is 0. The van der Waals surface area contributed by atoms with Crippen LogP contribution in [0.2, 0.25) is 0 Å². The maximum Gasteiger partial charge on any atom is 0.0736 e. The van der Waals surface area contributed by atoms with Gasteiger partial charge in [0.2, 0.25) is 0 Å². The Labute approximate surface area is 289 Å². The van der Waals surface area contributed by atoms with Crippen molar-refractivity contribution in [2.24, 2.45) is 0 Å². The van der Waals surface area contributed by atoms with Gasteiger partial charge in [-0.05, 0) is 91.7 Å². The summed E-state index contributed by atoms with van der Waals surface area (Å²) in [4.78, 5) is 2.65. The molecule has 1 aromatic heterocycles. The lowest BCUT2D eigenvalue weighted by atomic mass is 9.67. The minimum atomic E-state index is -0.405. The van der Waals surface area contributed by atoms with Crippen molar-refractivity contribution in [3.8, 4) is 27.9 Å². The summed E-state index contributed by atoms with van der Waals surface area (Å²) in [5.41, 5.74) is 13.8. The SMILES string of the molecule is c1ccc2c(c1)Sc1cc3c4ccccc4n(-c4ccc(-c5cccc6ccccc56)cc4)c3cc1C21c2ccccc2-c2ccccc21. The Morgan fingerprint density at radius 3 is 1.80 bits per heavy atom. The number of benzene rings is 8. The molecule has 49 heavy (non-hydrogen) atoms. The highest BCUT2D eigenvalue weighted by molar-refractivity contribution is 7.99. The standard InChI is InChI=1S/C47H29NS/c1-2-14-33-30(12-1)13-11-18-34(33)31-24-26-32(27-25-31)48-43-22-9-5-17-37(43)38-28-46-42(29-44(38)48)47(41-21-8-10-23-45(41)49-46)39-19-6-3-15-35(39)36-16-4-7-20-40(36)47/h1-29H. The first-order chi connectivity index (χ1) is 24.3. The summed E-state index contributed by atoms with van der Waals surface area (Å²) in [5, 5.41) is 5.11. The number of nitrogens with zero attached hydrogens (tertiary/aromatic N) is 1. The van der Waals surface area contributed by atoms with Gasteiger partial charge in [0.25, 0.3) is 0 Å². The molecule has 9 aromatic rings. The van der Waals surface area contributed by atoms with Crippen molar-refractivity contribution in [1.82, 2.24) is 4.57 Å². The van der Waals surface area contributed by atoms with Gasteiger partial charge in [0.05, 0.1) is 16.4 Å². The molecule has 0 radical (unpaired) electrons. The Hall–Kier alpha value is -5.83. The van der Waals surface area contributed by atoms with Crippen molar-refractivity contribution in [2.75, 3.05) is 0 Å². The third kappa shape index (κ3) is 3.62. The molecule has 228 valence electrons. The minimum Gasteiger partial charge on any atom is -0.309 e. The van der Waals surface area contributed by atoms with Crippen LogP contribution in [0.1, 0.15) is 22.3 Å². The largest absolute Gasteiger partial charge is 0.309 e. The summed E-state index contributed by atoms with van der Waals surface area (Å²) in [6, 6.07) is 65.4. The second-order valence-corrected chi connectivity index (χ2v) is 14.3. The van der Waals surface area contributed by atoms with E-state index in [9.17, 15) is 0 Å². The lowest BCUT2D eigenvalue weighted by Gasteiger charge is -2.39. The minimum absolute atomic E-state index is 0.405. The van der Waals surface area contributed by atoms with Crippen LogP contribution in [0.3, 0.4) is 0 Å². The Bertz CT molecular complexity index is 2750. The Balaban J connectivity index is 1.20. The molecule has 0 N–H and O–H groups in total. The van der Waals surface area contributed by atoms with E-state index >= 15 is 0 Å². The molecule has 1 nitrogen and oxygen atoms in total. The van der Waals surface area contributed by atoms with Crippen molar-refractivity contribution in [3.05, 3.63) is 198 Å². The molecule has 0 bridgehead atoms. The van der Waals surface area contributed by atoms with Gasteiger partial charge < -0.3 is 4.57 Å². The molecule has 2 heterocycles. The van der Waals surface area contributed by atoms with Gasteiger partial charge in [-0.3, -0.25) is 0 Å². The van der Waals surface area contributed by atoms with Crippen LogP contribution < -0.4 is 0 Å². The van der Waals surface area contributed by atoms with Crippen molar-refractivity contribution in [2.45, 2.75) is 15.2 Å². The summed E-state index contributed by atoms with van der Waals surface area (Å²) in [6.07, 6.45) is 0. The molecule has 0 saturated carbocycles. The van der Waals surface area contributed by atoms with Crippen LogP contribution in [0.15, 0.2) is 186 Å². The van der Waals surface area contributed by atoms with E-state index in [2.05, 4.69) is 180 Å². The highest BCUT2D eigenvalue weighted by Gasteiger charge is 2.50. The van der Waals surface area contributed by atoms with E-state index in [4.69, 9.17) is 0 Å². The molecule has 2 aliphatic rings. The van der Waals surface area contributed by atoms with Gasteiger partial charge in [-0.25, -0.2) is 0 Å². The number of para-hydroxylation sites is 1. The average molecular weight is 640 g/mol. The van der Waals surface area contributed by atoms with Crippen molar-refractivity contribution >= 4 is 44.3 Å². The predicted octanol–water partition coefficient (Wildman–Crippen LogP) is 12.4. The van der Waals surface area contributed by atoms with E-state index in [0.29, 0.717) is 0 Å². The third-order valence-electron chi connectivity index (χ3n) is 10.9. The van der Waals surface area contributed by atoms with Crippen molar-refractivity contribution in [3.63, 3.8) is 0 Å². The van der Waals surface area contributed by atoms with Crippen molar-refractivity contribution < 1.29 is 0 Å². The molecule has 1 spiro atoms. The fourth-order valence-electron chi connectivity index (χ4n) is 8.86. The first-order valence-electron chi connectivity index (χ1n) is 16.9. The van der Waals surface area contributed by atoms with Crippen LogP contribution in [-0.4, -0.2) is 4.57 Å². The van der Waals surface area contributed by atoms with E-state index in [1.807, 2.05) is 11.8 Å². The summed E-state index contributed by atoms with van der Waals surface area (Å²) >= 11 is 1.91. The fraction of sp³-hybridized carbons (Fsp3) is 0.0213. The van der Waals surface area contributed by atoms with Crippen molar-refractivity contribution in [1.29, 1.82) is 0 Å². The van der Waals surface area contributed by atoms with Gasteiger partial charge in [-0.1, -0.05) is 151 Å². The van der Waals surface area contributed by atoms with Crippen LogP contribution in [0.5, 0.6) is 0 Å². The molecule has 0 fully saturated rings. The van der Waals surface area contributed by atoms with Gasteiger partial charge in [0, 0.05) is 26.3 Å². The Morgan fingerprint density at radius 2 is 1.00 bits per heavy atom. The molecule has 11 rings (SSSR count). The zero-order valence-corrected chi connectivity index (χ0v) is 27.4. The van der Waals surface area contributed by atoms with Crippen LogP contribution in [0, 0.1) is 0 Å². The van der Waals surface area contributed by atoms with Crippen LogP contribution in [0.25, 0.3) is 60.5 Å². The molecule has 0 unspecified atom stereocenters. The van der Waals surface area contributed by atoms with E-state index in [-0.39, 0.29) is 0 Å². The Morgan fingerprint density at radius 1 is 0.388 bits per heavy atom. The lowest BCUT2D eigenvalue weighted by molar-refractivity contribution is 0.724. The third-order valence-corrected chi connectivity index (χ3v) is 12.0. The maximum atomic E-state index is 2.52. The lowest BCUT2D eigenvalue weighted by Crippen LogP contribution is -2.32. The molecular formula is C47H29NS. The molecule has 0 saturated heterocycles. The monoisotopic (exact) mass is 639 g/mol. The molecule has 1 aliphatic heterocycles. The van der Waals surface area contributed by atoms with Gasteiger partial charge in [0.1, 0.15) is 0 Å². The Kier molecular flexibility index (Phi) is 5.59. The second kappa shape index (κ2) is 10.1. The fourth-order valence-corrected chi connectivity index (χ4v) is 10.1. The molecule has 8 aromatic carbocycles. The first kappa shape index (κ1) is 27.2. The number of aromatic nitrogens is 1. The first-order valence-corrected chi connectivity index (χ1v) is 17.8. The zero-order valence-electron chi connectivity index (χ0n) is 26.6. The van der Waals surface area contributed by atoms with Gasteiger partial charge in [-0.2, -0.15) is 0 Å². The van der Waals surface area contributed by atoms with E-state index in [0.717, 1.165) is 0 Å². The average Bonchev–Trinajstić information content (AvgIpc) is 3.65. The summed E-state index contributed by atoms with van der Waals surface area (Å²) in [5.74, 6) is 0. The molecule has 0 amide bonds. The van der Waals surface area contributed by atoms with Gasteiger partial charge in [-0.15, -0.1) is 0 Å². The van der Waals surface area contributed by atoms with Crippen LogP contribution in [0.4, 0.5) is 0 Å². The summed E-state index contributed by atoms with van der Waals surface area (Å²) in [6.45, 7) is 0. The normalized spacial score (nSPS) is 13.8. The molecule has 1 aliphatic carbocycles. The molecule has 2 heteroatoms. The molecular weight excluding hydrogens is 611 g/mol. The van der Waals surface area contributed by atoms with E-state index in [1.54, 1.807) is 0 Å². The van der Waals surface area contributed by atoms with Gasteiger partial charge in [0.15, 0.2) is 0 Å². The quantitative estimate of drug-likeness (QED) is 0.182. The second-order valence-electron chi connectivity index (χ2n) is 13.2. The summed E-state index contributed by atoms with van der Waals surface area (Å²) < 4.78 is 2.48. The maximum absolute atomic E-state index is 2.52. The smallest absolute Gasteiger partial charge is 0.0736 e. The number of fused-ring (bicyclic) bond motifs is 13. The van der Waals surface area contributed by atoms with Crippen LogP contribution in [-0.2, 0) is 5.41 Å². The number of rotatable bonds is 2.